The first-order valence-electron chi connectivity index (χ1n) is 2.59. The van der Waals surface area contributed by atoms with Gasteiger partial charge in [0.15, 0.2) is 0 Å². The first kappa shape index (κ1) is 7.83. The molecule has 0 aliphatic rings. The van der Waals surface area contributed by atoms with E-state index in [0.717, 1.165) is 0 Å². The van der Waals surface area contributed by atoms with Crippen LogP contribution < -0.4 is 5.90 Å². The minimum absolute atomic E-state index is 0.0606. The molecule has 0 aliphatic carbocycles. The molecule has 5 nitrogen and oxygen atoms in total. The third-order valence-corrected chi connectivity index (χ3v) is 1.54. The zero-order valence-corrected chi connectivity index (χ0v) is 6.13. The van der Waals surface area contributed by atoms with Crippen molar-refractivity contribution in [3.8, 4) is 0 Å². The van der Waals surface area contributed by atoms with Gasteiger partial charge in [0.2, 0.25) is 0 Å². The molecule has 0 fully saturated rings. The van der Waals surface area contributed by atoms with Gasteiger partial charge >= 0.3 is 5.97 Å². The van der Waals surface area contributed by atoms with E-state index in [2.05, 4.69) is 15.7 Å². The number of Topliss-reactive ketones (excluding diaryl/α,β-unsaturated/α-hetero) is 1. The lowest BCUT2D eigenvalue weighted by Gasteiger charge is -1.90. The van der Waals surface area contributed by atoms with E-state index in [9.17, 15) is 9.59 Å². The number of ketones is 1. The molecule has 0 spiro atoms. The maximum atomic E-state index is 10.8. The predicted molar refractivity (Wildman–Crippen MR) is 36.7 cm³/mol. The zero-order valence-electron chi connectivity index (χ0n) is 5.31. The average molecular weight is 172 g/mol. The molecule has 11 heavy (non-hydrogen) atoms. The molecule has 1 aromatic heterocycles. The highest BCUT2D eigenvalue weighted by Crippen LogP contribution is 2.01. The van der Waals surface area contributed by atoms with E-state index in [1.54, 1.807) is 0 Å². The van der Waals surface area contributed by atoms with Crippen LogP contribution in [-0.4, -0.2) is 16.7 Å². The van der Waals surface area contributed by atoms with E-state index < -0.39 is 11.8 Å². The van der Waals surface area contributed by atoms with Crippen molar-refractivity contribution in [1.29, 1.82) is 0 Å². The van der Waals surface area contributed by atoms with E-state index in [1.807, 2.05) is 0 Å². The van der Waals surface area contributed by atoms with Gasteiger partial charge in [0.05, 0.1) is 5.51 Å². The van der Waals surface area contributed by atoms with Crippen LogP contribution in [0.5, 0.6) is 0 Å². The van der Waals surface area contributed by atoms with E-state index in [0.29, 0.717) is 0 Å². The van der Waals surface area contributed by atoms with Gasteiger partial charge in [0.25, 0.3) is 5.78 Å². The summed E-state index contributed by atoms with van der Waals surface area (Å²) in [5.41, 5.74) is 1.50. The number of hydrogen-bond acceptors (Lipinski definition) is 6. The van der Waals surface area contributed by atoms with Crippen LogP contribution in [0, 0.1) is 0 Å². The normalized spacial score (nSPS) is 9.18. The van der Waals surface area contributed by atoms with Gasteiger partial charge in [-0.1, -0.05) is 0 Å². The molecule has 0 aliphatic heterocycles. The van der Waals surface area contributed by atoms with Gasteiger partial charge < -0.3 is 4.84 Å². The average Bonchev–Trinajstić information content (AvgIpc) is 2.53. The number of nitrogens with two attached hydrogens (primary N) is 1. The maximum Gasteiger partial charge on any atom is 0.399 e. The van der Waals surface area contributed by atoms with E-state index in [-0.39, 0.29) is 5.69 Å². The van der Waals surface area contributed by atoms with Crippen LogP contribution >= 0.6 is 11.3 Å². The second-order valence-electron chi connectivity index (χ2n) is 1.61. The summed E-state index contributed by atoms with van der Waals surface area (Å²) in [5, 5.41) is 1.44. The topological polar surface area (TPSA) is 82.3 Å². The van der Waals surface area contributed by atoms with Crippen molar-refractivity contribution >= 4 is 23.1 Å². The van der Waals surface area contributed by atoms with Gasteiger partial charge in [-0.15, -0.1) is 11.3 Å². The summed E-state index contributed by atoms with van der Waals surface area (Å²) in [6.45, 7) is 0. The van der Waals surface area contributed by atoms with Crippen molar-refractivity contribution in [2.45, 2.75) is 0 Å². The van der Waals surface area contributed by atoms with Crippen molar-refractivity contribution in [2.75, 3.05) is 0 Å². The third-order valence-electron chi connectivity index (χ3n) is 0.957. The second-order valence-corrected chi connectivity index (χ2v) is 2.33. The Labute approximate surface area is 65.8 Å². The molecule has 0 unspecified atom stereocenters. The van der Waals surface area contributed by atoms with E-state index in [1.165, 1.54) is 22.2 Å². The molecule has 58 valence electrons. The van der Waals surface area contributed by atoms with Crippen LogP contribution in [0.15, 0.2) is 10.9 Å². The minimum atomic E-state index is -1.10. The highest BCUT2D eigenvalue weighted by Gasteiger charge is 2.18. The fourth-order valence-electron chi connectivity index (χ4n) is 0.483. The second kappa shape index (κ2) is 3.22. The number of thiazole rings is 1. The molecule has 1 aromatic rings. The Kier molecular flexibility index (Phi) is 2.29. The maximum absolute atomic E-state index is 10.8. The van der Waals surface area contributed by atoms with Gasteiger partial charge in [0, 0.05) is 5.38 Å². The van der Waals surface area contributed by atoms with Crippen molar-refractivity contribution in [3.63, 3.8) is 0 Å². The van der Waals surface area contributed by atoms with Crippen LogP contribution in [0.25, 0.3) is 0 Å². The fourth-order valence-corrected chi connectivity index (χ4v) is 1.01. The molecule has 0 aromatic carbocycles. The summed E-state index contributed by atoms with van der Waals surface area (Å²) in [4.78, 5) is 28.6. The molecular weight excluding hydrogens is 168 g/mol. The number of rotatable bonds is 2. The summed E-state index contributed by atoms with van der Waals surface area (Å²) in [6.07, 6.45) is 0. The van der Waals surface area contributed by atoms with Crippen molar-refractivity contribution < 1.29 is 14.4 Å². The smallest absolute Gasteiger partial charge is 0.367 e. The number of carbonyl (C=O) groups is 2. The van der Waals surface area contributed by atoms with E-state index in [4.69, 9.17) is 0 Å². The summed E-state index contributed by atoms with van der Waals surface area (Å²) >= 11 is 1.22. The van der Waals surface area contributed by atoms with Crippen LogP contribution in [0.3, 0.4) is 0 Å². The van der Waals surface area contributed by atoms with E-state index >= 15 is 0 Å². The molecule has 6 heteroatoms. The fraction of sp³-hybridized carbons (Fsp3) is 0. The van der Waals surface area contributed by atoms with Gasteiger partial charge in [-0.05, 0) is 0 Å². The molecular formula is C5H4N2O3S. The Morgan fingerprint density at radius 2 is 2.36 bits per heavy atom. The molecule has 0 amide bonds. The van der Waals surface area contributed by atoms with Crippen LogP contribution in [0.4, 0.5) is 0 Å². The lowest BCUT2D eigenvalue weighted by Crippen LogP contribution is -2.20. The highest BCUT2D eigenvalue weighted by molar-refractivity contribution is 7.07. The van der Waals surface area contributed by atoms with Gasteiger partial charge in [0.1, 0.15) is 5.69 Å². The van der Waals surface area contributed by atoms with Crippen molar-refractivity contribution in [2.24, 2.45) is 5.90 Å². The summed E-state index contributed by atoms with van der Waals surface area (Å²) in [5.74, 6) is 2.56. The summed E-state index contributed by atoms with van der Waals surface area (Å²) in [6, 6.07) is 0. The van der Waals surface area contributed by atoms with Crippen LogP contribution in [-0.2, 0) is 9.63 Å². The Morgan fingerprint density at radius 1 is 1.64 bits per heavy atom. The molecule has 0 bridgehead atoms. The molecule has 1 heterocycles. The lowest BCUT2D eigenvalue weighted by atomic mass is 10.3. The summed E-state index contributed by atoms with van der Waals surface area (Å²) < 4.78 is 0. The summed E-state index contributed by atoms with van der Waals surface area (Å²) in [7, 11) is 0. The molecule has 1 rings (SSSR count). The first-order chi connectivity index (χ1) is 5.25. The van der Waals surface area contributed by atoms with Gasteiger partial charge in [-0.3, -0.25) is 4.79 Å². The molecule has 0 saturated carbocycles. The Bertz CT molecular complexity index is 269. The van der Waals surface area contributed by atoms with Crippen LogP contribution in [0.1, 0.15) is 10.5 Å². The quantitative estimate of drug-likeness (QED) is 0.377. The lowest BCUT2D eigenvalue weighted by molar-refractivity contribution is -0.138. The molecule has 2 N–H and O–H groups in total. The highest BCUT2D eigenvalue weighted by atomic mass is 32.1. The Hall–Kier alpha value is -1.27. The number of hydrogen-bond donors (Lipinski definition) is 1. The first-order valence-corrected chi connectivity index (χ1v) is 3.53. The van der Waals surface area contributed by atoms with Gasteiger partial charge in [-0.2, -0.15) is 5.90 Å². The number of carbonyl (C=O) groups excluding carboxylic acids is 2. The standard InChI is InChI=1S/C5H4N2O3S/c6-10-5(9)4(8)3-1-11-2-7-3/h1-2H,6H2. The van der Waals surface area contributed by atoms with Gasteiger partial charge in [-0.25, -0.2) is 9.78 Å². The zero-order chi connectivity index (χ0) is 8.27. The SMILES string of the molecule is NOC(=O)C(=O)c1cscn1. The Balaban J connectivity index is 2.79. The predicted octanol–water partition coefficient (Wildman–Crippen LogP) is -0.257. The largest absolute Gasteiger partial charge is 0.399 e. The van der Waals surface area contributed by atoms with Crippen molar-refractivity contribution in [3.05, 3.63) is 16.6 Å². The number of aromatic nitrogens is 1. The molecule has 0 radical (unpaired) electrons. The Morgan fingerprint density at radius 3 is 2.82 bits per heavy atom. The minimum Gasteiger partial charge on any atom is -0.367 e. The molecule has 0 saturated heterocycles. The monoisotopic (exact) mass is 172 g/mol. The third kappa shape index (κ3) is 1.60. The molecule has 0 atom stereocenters. The number of nitrogens with zero attached hydrogens (tertiary/aromatic N) is 1. The van der Waals surface area contributed by atoms with Crippen LogP contribution in [0.2, 0.25) is 0 Å². The van der Waals surface area contributed by atoms with Crippen molar-refractivity contribution in [1.82, 2.24) is 4.98 Å².